The van der Waals surface area contributed by atoms with Gasteiger partial charge in [0.05, 0.1) is 6.04 Å². The number of hydrogen-bond donors (Lipinski definition) is 1. The fourth-order valence-electron chi connectivity index (χ4n) is 2.48. The van der Waals surface area contributed by atoms with Crippen molar-refractivity contribution in [1.82, 2.24) is 4.98 Å². The van der Waals surface area contributed by atoms with E-state index >= 15 is 0 Å². The van der Waals surface area contributed by atoms with Crippen LogP contribution in [0.1, 0.15) is 28.3 Å². The van der Waals surface area contributed by atoms with Gasteiger partial charge in [-0.2, -0.15) is 0 Å². The molecule has 0 aliphatic rings. The Morgan fingerprint density at radius 2 is 1.86 bits per heavy atom. The number of thiazole rings is 1. The zero-order valence-corrected chi connectivity index (χ0v) is 13.0. The molecule has 1 N–H and O–H groups in total. The van der Waals surface area contributed by atoms with Crippen molar-refractivity contribution in [3.63, 3.8) is 0 Å². The summed E-state index contributed by atoms with van der Waals surface area (Å²) in [4.78, 5) is 4.37. The Labute approximate surface area is 129 Å². The average Bonchev–Trinajstić information content (AvgIpc) is 3.01. The maximum atomic E-state index is 4.37. The molecule has 1 aromatic heterocycles. The summed E-state index contributed by atoms with van der Waals surface area (Å²) < 4.78 is 0. The molecule has 0 aliphatic carbocycles. The molecule has 3 rings (SSSR count). The second-order valence-corrected chi connectivity index (χ2v) is 6.08. The van der Waals surface area contributed by atoms with Gasteiger partial charge in [-0.1, -0.05) is 54.1 Å². The highest BCUT2D eigenvalue weighted by Gasteiger charge is 2.17. The Kier molecular flexibility index (Phi) is 4.02. The summed E-state index contributed by atoms with van der Waals surface area (Å²) in [5.41, 5.74) is 5.12. The van der Waals surface area contributed by atoms with Crippen molar-refractivity contribution in [1.29, 1.82) is 0 Å². The predicted octanol–water partition coefficient (Wildman–Crippen LogP) is 4.96. The van der Waals surface area contributed by atoms with E-state index in [0.29, 0.717) is 0 Å². The van der Waals surface area contributed by atoms with Gasteiger partial charge in [-0.15, -0.1) is 11.3 Å². The molecule has 0 aliphatic heterocycles. The van der Waals surface area contributed by atoms with E-state index in [1.165, 1.54) is 22.3 Å². The third-order valence-electron chi connectivity index (χ3n) is 3.58. The van der Waals surface area contributed by atoms with Gasteiger partial charge in [-0.3, -0.25) is 0 Å². The molecule has 1 atom stereocenters. The number of anilines is 1. The molecule has 1 heterocycles. The molecule has 0 bridgehead atoms. The van der Waals surface area contributed by atoms with Crippen molar-refractivity contribution in [3.05, 3.63) is 82.4 Å². The van der Waals surface area contributed by atoms with Crippen molar-refractivity contribution < 1.29 is 0 Å². The van der Waals surface area contributed by atoms with E-state index < -0.39 is 0 Å². The minimum atomic E-state index is 0.122. The van der Waals surface area contributed by atoms with E-state index in [4.69, 9.17) is 0 Å². The van der Waals surface area contributed by atoms with E-state index in [9.17, 15) is 0 Å². The molecule has 3 aromatic rings. The quantitative estimate of drug-likeness (QED) is 0.735. The second kappa shape index (κ2) is 6.10. The Bertz CT molecular complexity index is 705. The molecule has 0 saturated heterocycles. The zero-order chi connectivity index (χ0) is 14.7. The predicted molar refractivity (Wildman–Crippen MR) is 89.9 cm³/mol. The molecule has 0 amide bonds. The third kappa shape index (κ3) is 3.14. The van der Waals surface area contributed by atoms with Crippen molar-refractivity contribution in [2.24, 2.45) is 0 Å². The number of nitrogens with one attached hydrogen (secondary N) is 1. The number of aromatic nitrogens is 1. The van der Waals surface area contributed by atoms with Crippen molar-refractivity contribution in [3.8, 4) is 0 Å². The Hall–Kier alpha value is -2.13. The summed E-state index contributed by atoms with van der Waals surface area (Å²) in [7, 11) is 0. The van der Waals surface area contributed by atoms with Crippen molar-refractivity contribution in [2.45, 2.75) is 19.9 Å². The van der Waals surface area contributed by atoms with Crippen LogP contribution in [-0.2, 0) is 0 Å². The van der Waals surface area contributed by atoms with E-state index in [1.807, 2.05) is 17.6 Å². The van der Waals surface area contributed by atoms with Gasteiger partial charge in [0.15, 0.2) is 5.13 Å². The summed E-state index contributed by atoms with van der Waals surface area (Å²) in [5, 5.41) is 6.51. The molecule has 106 valence electrons. The van der Waals surface area contributed by atoms with Crippen LogP contribution in [0.5, 0.6) is 0 Å². The lowest BCUT2D eigenvalue weighted by Crippen LogP contribution is -2.13. The van der Waals surface area contributed by atoms with Gasteiger partial charge in [0.2, 0.25) is 0 Å². The van der Waals surface area contributed by atoms with Crippen LogP contribution in [0.3, 0.4) is 0 Å². The van der Waals surface area contributed by atoms with Crippen LogP contribution in [0, 0.1) is 13.8 Å². The summed E-state index contributed by atoms with van der Waals surface area (Å²) in [5.74, 6) is 0. The van der Waals surface area contributed by atoms with Gasteiger partial charge in [0.25, 0.3) is 0 Å². The Morgan fingerprint density at radius 3 is 2.57 bits per heavy atom. The topological polar surface area (TPSA) is 24.9 Å². The van der Waals surface area contributed by atoms with Gasteiger partial charge >= 0.3 is 0 Å². The van der Waals surface area contributed by atoms with Crippen LogP contribution in [-0.4, -0.2) is 4.98 Å². The van der Waals surface area contributed by atoms with Crippen molar-refractivity contribution in [2.75, 3.05) is 5.32 Å². The smallest absolute Gasteiger partial charge is 0.183 e. The van der Waals surface area contributed by atoms with Gasteiger partial charge in [0.1, 0.15) is 0 Å². The largest absolute Gasteiger partial charge is 0.351 e. The normalized spacial score (nSPS) is 12.1. The molecule has 2 aromatic carbocycles. The molecule has 1 unspecified atom stereocenters. The number of benzene rings is 2. The van der Waals surface area contributed by atoms with Crippen molar-refractivity contribution >= 4 is 16.5 Å². The molecule has 3 heteroatoms. The van der Waals surface area contributed by atoms with Crippen LogP contribution in [0.4, 0.5) is 5.13 Å². The molecular weight excluding hydrogens is 276 g/mol. The van der Waals surface area contributed by atoms with Gasteiger partial charge in [-0.25, -0.2) is 4.98 Å². The van der Waals surface area contributed by atoms with E-state index in [1.54, 1.807) is 11.3 Å². The summed E-state index contributed by atoms with van der Waals surface area (Å²) >= 11 is 1.63. The zero-order valence-electron chi connectivity index (χ0n) is 12.2. The first kappa shape index (κ1) is 13.8. The number of aryl methyl sites for hydroxylation is 2. The maximum absolute atomic E-state index is 4.37. The van der Waals surface area contributed by atoms with Gasteiger partial charge in [0, 0.05) is 11.6 Å². The highest BCUT2D eigenvalue weighted by Crippen LogP contribution is 2.30. The van der Waals surface area contributed by atoms with E-state index in [-0.39, 0.29) is 6.04 Å². The first-order valence-corrected chi connectivity index (χ1v) is 7.90. The van der Waals surface area contributed by atoms with E-state index in [2.05, 4.69) is 66.6 Å². The van der Waals surface area contributed by atoms with Crippen LogP contribution < -0.4 is 5.32 Å². The molecule has 21 heavy (non-hydrogen) atoms. The first-order valence-electron chi connectivity index (χ1n) is 7.02. The fraction of sp³-hybridized carbons (Fsp3) is 0.167. The standard InChI is InChI=1S/C18H18N2S/c1-13-8-9-14(2)16(12-13)17(15-6-4-3-5-7-15)20-18-19-10-11-21-18/h3-12,17H,1-2H3,(H,19,20). The number of hydrogen-bond acceptors (Lipinski definition) is 3. The Balaban J connectivity index is 2.05. The molecule has 0 spiro atoms. The molecule has 0 saturated carbocycles. The lowest BCUT2D eigenvalue weighted by Gasteiger charge is -2.21. The maximum Gasteiger partial charge on any atom is 0.183 e. The SMILES string of the molecule is Cc1ccc(C)c(C(Nc2nccs2)c2ccccc2)c1. The van der Waals surface area contributed by atoms with Crippen LogP contribution in [0.15, 0.2) is 60.1 Å². The van der Waals surface area contributed by atoms with Crippen LogP contribution in [0.2, 0.25) is 0 Å². The van der Waals surface area contributed by atoms with E-state index in [0.717, 1.165) is 5.13 Å². The first-order chi connectivity index (χ1) is 10.2. The molecule has 2 nitrogen and oxygen atoms in total. The van der Waals surface area contributed by atoms with Gasteiger partial charge in [-0.05, 0) is 30.5 Å². The van der Waals surface area contributed by atoms with Crippen LogP contribution >= 0.6 is 11.3 Å². The minimum Gasteiger partial charge on any atom is -0.351 e. The lowest BCUT2D eigenvalue weighted by molar-refractivity contribution is 0.920. The third-order valence-corrected chi connectivity index (χ3v) is 4.28. The second-order valence-electron chi connectivity index (χ2n) is 5.19. The fourth-order valence-corrected chi connectivity index (χ4v) is 3.03. The summed E-state index contributed by atoms with van der Waals surface area (Å²) in [6, 6.07) is 17.3. The number of nitrogens with zero attached hydrogens (tertiary/aromatic N) is 1. The summed E-state index contributed by atoms with van der Waals surface area (Å²) in [6.07, 6.45) is 1.83. The highest BCUT2D eigenvalue weighted by atomic mass is 32.1. The molecule has 0 fully saturated rings. The van der Waals surface area contributed by atoms with Crippen LogP contribution in [0.25, 0.3) is 0 Å². The lowest BCUT2D eigenvalue weighted by atomic mass is 9.94. The average molecular weight is 294 g/mol. The molecule has 0 radical (unpaired) electrons. The highest BCUT2D eigenvalue weighted by molar-refractivity contribution is 7.13. The number of rotatable bonds is 4. The minimum absolute atomic E-state index is 0.122. The molecular formula is C18H18N2S. The van der Waals surface area contributed by atoms with Gasteiger partial charge < -0.3 is 5.32 Å². The Morgan fingerprint density at radius 1 is 1.05 bits per heavy atom. The summed E-state index contributed by atoms with van der Waals surface area (Å²) in [6.45, 7) is 4.29. The monoisotopic (exact) mass is 294 g/mol.